The Labute approximate surface area is 251 Å². The minimum absolute atomic E-state index is 0.0926. The first-order chi connectivity index (χ1) is 19.9. The number of hydrogen-bond donors (Lipinski definition) is 1. The van der Waals surface area contributed by atoms with Gasteiger partial charge in [-0.1, -0.05) is 30.3 Å². The van der Waals surface area contributed by atoms with Gasteiger partial charge in [-0.25, -0.2) is 9.18 Å². The number of likely N-dealkylation sites (N-methyl/N-ethyl adjacent to an activating group) is 1. The summed E-state index contributed by atoms with van der Waals surface area (Å²) in [5.41, 5.74) is 0.817. The highest BCUT2D eigenvalue weighted by Crippen LogP contribution is 2.34. The van der Waals surface area contributed by atoms with Crippen LogP contribution in [-0.2, 0) is 14.3 Å². The minimum Gasteiger partial charge on any atom is -0.457 e. The molecule has 0 bridgehead atoms. The molecule has 3 amide bonds. The number of nitrogens with zero attached hydrogens (tertiary/aromatic N) is 2. The Morgan fingerprint density at radius 1 is 0.976 bits per heavy atom. The number of carbonyl (C=O) groups is 3. The van der Waals surface area contributed by atoms with Crippen LogP contribution in [0.5, 0.6) is 11.5 Å². The van der Waals surface area contributed by atoms with Crippen LogP contribution < -0.4 is 15.0 Å². The van der Waals surface area contributed by atoms with Crippen molar-refractivity contribution in [1.82, 2.24) is 10.2 Å². The van der Waals surface area contributed by atoms with Gasteiger partial charge in [0.1, 0.15) is 34.8 Å². The number of rotatable bonds is 11. The molecule has 8 nitrogen and oxygen atoms in total. The van der Waals surface area contributed by atoms with E-state index >= 15 is 0 Å². The van der Waals surface area contributed by atoms with E-state index in [1.807, 2.05) is 37.3 Å². The van der Waals surface area contributed by atoms with Gasteiger partial charge >= 0.3 is 6.09 Å². The van der Waals surface area contributed by atoms with E-state index in [1.165, 1.54) is 34.1 Å². The molecule has 42 heavy (non-hydrogen) atoms. The Bertz CT molecular complexity index is 1360. The van der Waals surface area contributed by atoms with Crippen LogP contribution in [0.1, 0.15) is 44.9 Å². The molecule has 0 radical (unpaired) electrons. The highest BCUT2D eigenvalue weighted by Gasteiger charge is 2.33. The highest BCUT2D eigenvalue weighted by atomic mass is 35.5. The van der Waals surface area contributed by atoms with Crippen molar-refractivity contribution in [3.05, 3.63) is 89.7 Å². The Morgan fingerprint density at radius 2 is 1.64 bits per heavy atom. The van der Waals surface area contributed by atoms with Gasteiger partial charge in [-0.05, 0) is 88.2 Å². The summed E-state index contributed by atoms with van der Waals surface area (Å²) >= 11 is 6.04. The van der Waals surface area contributed by atoms with Crippen molar-refractivity contribution in [2.24, 2.45) is 0 Å². The van der Waals surface area contributed by atoms with Crippen molar-refractivity contribution >= 4 is 35.2 Å². The van der Waals surface area contributed by atoms with Crippen molar-refractivity contribution in [3.63, 3.8) is 0 Å². The first-order valence-electron chi connectivity index (χ1n) is 13.7. The van der Waals surface area contributed by atoms with Gasteiger partial charge in [-0.3, -0.25) is 14.5 Å². The summed E-state index contributed by atoms with van der Waals surface area (Å²) in [6.45, 7) is 9.58. The maximum Gasteiger partial charge on any atom is 0.410 e. The fourth-order valence-electron chi connectivity index (χ4n) is 4.25. The molecule has 0 aromatic heterocycles. The Kier molecular flexibility index (Phi) is 11.3. The molecule has 0 spiro atoms. The van der Waals surface area contributed by atoms with Crippen LogP contribution in [0.25, 0.3) is 0 Å². The Hall–Kier alpha value is -4.11. The van der Waals surface area contributed by atoms with E-state index < -0.39 is 41.2 Å². The summed E-state index contributed by atoms with van der Waals surface area (Å²) in [5.74, 6) is -0.730. The van der Waals surface area contributed by atoms with Gasteiger partial charge in [-0.2, -0.15) is 0 Å². The number of carbonyl (C=O) groups excluding carboxylic acids is 3. The quantitative estimate of drug-likeness (QED) is 0.251. The van der Waals surface area contributed by atoms with E-state index in [9.17, 15) is 18.8 Å². The largest absolute Gasteiger partial charge is 0.457 e. The lowest BCUT2D eigenvalue weighted by Gasteiger charge is -2.32. The molecular weight excluding hydrogens is 561 g/mol. The predicted octanol–water partition coefficient (Wildman–Crippen LogP) is 6.61. The molecule has 0 heterocycles. The molecule has 0 saturated heterocycles. The first-order valence-corrected chi connectivity index (χ1v) is 14.2. The fraction of sp³-hybridized carbons (Fsp3) is 0.344. The summed E-state index contributed by atoms with van der Waals surface area (Å²) < 4.78 is 25.2. The molecule has 1 atom stereocenters. The van der Waals surface area contributed by atoms with Crippen molar-refractivity contribution in [2.75, 3.05) is 30.4 Å². The van der Waals surface area contributed by atoms with Crippen LogP contribution in [0.3, 0.4) is 0 Å². The van der Waals surface area contributed by atoms with E-state index in [4.69, 9.17) is 21.1 Å². The molecule has 1 unspecified atom stereocenters. The zero-order valence-corrected chi connectivity index (χ0v) is 25.3. The van der Waals surface area contributed by atoms with Crippen molar-refractivity contribution in [1.29, 1.82) is 0 Å². The standard InChI is InChI=1S/C32H37ClFN3O5/c1-6-36(31(40)42-32(3,4)5)19-18-35-30(39)29(23-12-14-24(34)15-13-23)37(28(38)21-33)27-17-16-26(20-22(27)2)41-25-10-8-7-9-11-25/h7-17,20,29H,6,18-19,21H2,1-5H3,(H,35,39). The summed E-state index contributed by atoms with van der Waals surface area (Å²) in [5, 5.41) is 2.83. The molecule has 1 N–H and O–H groups in total. The zero-order chi connectivity index (χ0) is 30.9. The number of alkyl halides is 1. The first kappa shape index (κ1) is 32.4. The number of para-hydroxylation sites is 1. The van der Waals surface area contributed by atoms with Gasteiger partial charge in [0.25, 0.3) is 0 Å². The Balaban J connectivity index is 1.91. The number of aryl methyl sites for hydroxylation is 1. The van der Waals surface area contributed by atoms with Gasteiger partial charge in [-0.15, -0.1) is 11.6 Å². The minimum atomic E-state index is -1.17. The summed E-state index contributed by atoms with van der Waals surface area (Å²) in [6, 6.07) is 18.6. The zero-order valence-electron chi connectivity index (χ0n) is 24.5. The molecule has 224 valence electrons. The lowest BCUT2D eigenvalue weighted by molar-refractivity contribution is -0.125. The molecule has 0 saturated carbocycles. The Morgan fingerprint density at radius 3 is 2.21 bits per heavy atom. The number of benzene rings is 3. The molecule has 0 aliphatic heterocycles. The second kappa shape index (κ2) is 14.7. The third-order valence-corrected chi connectivity index (χ3v) is 6.43. The molecule has 3 rings (SSSR count). The van der Waals surface area contributed by atoms with E-state index in [0.29, 0.717) is 34.9 Å². The SMILES string of the molecule is CCN(CCNC(=O)C(c1ccc(F)cc1)N(C(=O)CCl)c1ccc(Oc2ccccc2)cc1C)C(=O)OC(C)(C)C. The summed E-state index contributed by atoms with van der Waals surface area (Å²) in [7, 11) is 0. The van der Waals surface area contributed by atoms with Gasteiger partial charge in [0.2, 0.25) is 11.8 Å². The third-order valence-electron chi connectivity index (χ3n) is 6.20. The molecule has 0 aliphatic carbocycles. The normalized spacial score (nSPS) is 11.8. The molecule has 0 aliphatic rings. The molecule has 10 heteroatoms. The summed E-state index contributed by atoms with van der Waals surface area (Å²) in [6.07, 6.45) is -0.498. The average Bonchev–Trinajstić information content (AvgIpc) is 2.94. The maximum absolute atomic E-state index is 13.8. The van der Waals surface area contributed by atoms with E-state index in [1.54, 1.807) is 45.9 Å². The number of hydrogen-bond acceptors (Lipinski definition) is 5. The number of ether oxygens (including phenoxy) is 2. The summed E-state index contributed by atoms with van der Waals surface area (Å²) in [4.78, 5) is 42.4. The van der Waals surface area contributed by atoms with E-state index in [-0.39, 0.29) is 13.1 Å². The second-order valence-electron chi connectivity index (χ2n) is 10.6. The van der Waals surface area contributed by atoms with Crippen molar-refractivity contribution in [2.45, 2.75) is 46.3 Å². The highest BCUT2D eigenvalue weighted by molar-refractivity contribution is 6.30. The van der Waals surface area contributed by atoms with Gasteiger partial charge < -0.3 is 19.7 Å². The maximum atomic E-state index is 13.8. The molecule has 3 aromatic rings. The number of amides is 3. The van der Waals surface area contributed by atoms with Crippen LogP contribution >= 0.6 is 11.6 Å². The lowest BCUT2D eigenvalue weighted by Crippen LogP contribution is -2.47. The van der Waals surface area contributed by atoms with Crippen LogP contribution in [0.2, 0.25) is 0 Å². The second-order valence-corrected chi connectivity index (χ2v) is 10.8. The van der Waals surface area contributed by atoms with Gasteiger partial charge in [0.05, 0.1) is 0 Å². The number of halogens is 2. The monoisotopic (exact) mass is 597 g/mol. The van der Waals surface area contributed by atoms with Crippen molar-refractivity contribution < 1.29 is 28.2 Å². The third kappa shape index (κ3) is 8.94. The topological polar surface area (TPSA) is 88.2 Å². The van der Waals surface area contributed by atoms with Crippen LogP contribution in [0.4, 0.5) is 14.9 Å². The molecule has 3 aromatic carbocycles. The molecule has 0 fully saturated rings. The van der Waals surface area contributed by atoms with Gasteiger partial charge in [0, 0.05) is 25.3 Å². The van der Waals surface area contributed by atoms with E-state index in [2.05, 4.69) is 5.32 Å². The van der Waals surface area contributed by atoms with Crippen LogP contribution in [0, 0.1) is 12.7 Å². The molecular formula is C32H37ClFN3O5. The van der Waals surface area contributed by atoms with E-state index in [0.717, 1.165) is 0 Å². The van der Waals surface area contributed by atoms with Gasteiger partial charge in [0.15, 0.2) is 0 Å². The predicted molar refractivity (Wildman–Crippen MR) is 162 cm³/mol. The number of anilines is 1. The van der Waals surface area contributed by atoms with Crippen LogP contribution in [-0.4, -0.2) is 53.9 Å². The van der Waals surface area contributed by atoms with Crippen LogP contribution in [0.15, 0.2) is 72.8 Å². The smallest absolute Gasteiger partial charge is 0.410 e. The fourth-order valence-corrected chi connectivity index (χ4v) is 4.38. The lowest BCUT2D eigenvalue weighted by atomic mass is 10.0. The van der Waals surface area contributed by atoms with Crippen molar-refractivity contribution in [3.8, 4) is 11.5 Å². The number of nitrogens with one attached hydrogen (secondary N) is 1. The average molecular weight is 598 g/mol.